The van der Waals surface area contributed by atoms with Gasteiger partial charge in [-0.3, -0.25) is 4.68 Å². The summed E-state index contributed by atoms with van der Waals surface area (Å²) in [6, 6.07) is 7.92. The van der Waals surface area contributed by atoms with Gasteiger partial charge >= 0.3 is 0 Å². The normalized spacial score (nSPS) is 12.4. The Morgan fingerprint density at radius 2 is 2.06 bits per heavy atom. The molecule has 90 valence electrons. The predicted octanol–water partition coefficient (Wildman–Crippen LogP) is 2.02. The first-order chi connectivity index (χ1) is 8.15. The molecule has 17 heavy (non-hydrogen) atoms. The SMILES string of the molecule is C[C@H](N)c1ccc(OCc2cnn(C)c2)cc1. The Labute approximate surface area is 101 Å². The monoisotopic (exact) mass is 231 g/mol. The van der Waals surface area contributed by atoms with E-state index in [0.29, 0.717) is 6.61 Å². The van der Waals surface area contributed by atoms with Gasteiger partial charge in [0, 0.05) is 24.8 Å². The van der Waals surface area contributed by atoms with Gasteiger partial charge < -0.3 is 10.5 Å². The third-order valence-electron chi connectivity index (χ3n) is 2.57. The minimum absolute atomic E-state index is 0.0578. The maximum Gasteiger partial charge on any atom is 0.119 e. The number of rotatable bonds is 4. The van der Waals surface area contributed by atoms with Crippen LogP contribution < -0.4 is 10.5 Å². The fourth-order valence-corrected chi connectivity index (χ4v) is 1.58. The first-order valence-electron chi connectivity index (χ1n) is 5.61. The number of aryl methyl sites for hydroxylation is 1. The molecule has 2 N–H and O–H groups in total. The second-order valence-electron chi connectivity index (χ2n) is 4.17. The molecule has 4 nitrogen and oxygen atoms in total. The number of ether oxygens (including phenoxy) is 1. The molecule has 0 saturated carbocycles. The Kier molecular flexibility index (Phi) is 3.44. The molecule has 0 aliphatic heterocycles. The molecule has 1 atom stereocenters. The number of nitrogens with zero attached hydrogens (tertiary/aromatic N) is 2. The average molecular weight is 231 g/mol. The first kappa shape index (κ1) is 11.7. The van der Waals surface area contributed by atoms with Crippen LogP contribution in [0.3, 0.4) is 0 Å². The maximum atomic E-state index is 5.78. The van der Waals surface area contributed by atoms with Crippen molar-refractivity contribution in [3.05, 3.63) is 47.8 Å². The van der Waals surface area contributed by atoms with Crippen LogP contribution in [-0.2, 0) is 13.7 Å². The number of aromatic nitrogens is 2. The van der Waals surface area contributed by atoms with Crippen LogP contribution in [0.5, 0.6) is 5.75 Å². The first-order valence-corrected chi connectivity index (χ1v) is 5.61. The largest absolute Gasteiger partial charge is 0.489 e. The molecule has 0 radical (unpaired) electrons. The van der Waals surface area contributed by atoms with Crippen LogP contribution in [0.1, 0.15) is 24.1 Å². The molecule has 1 aromatic heterocycles. The van der Waals surface area contributed by atoms with Gasteiger partial charge in [-0.15, -0.1) is 0 Å². The molecule has 1 aromatic carbocycles. The standard InChI is InChI=1S/C13H17N3O/c1-10(14)12-3-5-13(6-4-12)17-9-11-7-15-16(2)8-11/h3-8,10H,9,14H2,1-2H3/t10-/m0/s1. The highest BCUT2D eigenvalue weighted by Crippen LogP contribution is 2.17. The zero-order chi connectivity index (χ0) is 12.3. The third-order valence-corrected chi connectivity index (χ3v) is 2.57. The lowest BCUT2D eigenvalue weighted by Gasteiger charge is -2.08. The molecule has 0 aliphatic carbocycles. The predicted molar refractivity (Wildman–Crippen MR) is 66.6 cm³/mol. The summed E-state index contributed by atoms with van der Waals surface area (Å²) in [4.78, 5) is 0. The summed E-state index contributed by atoms with van der Waals surface area (Å²) < 4.78 is 7.41. The minimum Gasteiger partial charge on any atom is -0.489 e. The molecule has 2 rings (SSSR count). The fourth-order valence-electron chi connectivity index (χ4n) is 1.58. The molecule has 0 saturated heterocycles. The van der Waals surface area contributed by atoms with E-state index in [0.717, 1.165) is 16.9 Å². The van der Waals surface area contributed by atoms with Crippen LogP contribution in [0.25, 0.3) is 0 Å². The van der Waals surface area contributed by atoms with Gasteiger partial charge in [-0.05, 0) is 24.6 Å². The summed E-state index contributed by atoms with van der Waals surface area (Å²) >= 11 is 0. The molecule has 0 aliphatic rings. The fraction of sp³-hybridized carbons (Fsp3) is 0.308. The van der Waals surface area contributed by atoms with Crippen LogP contribution in [0.2, 0.25) is 0 Å². The van der Waals surface area contributed by atoms with Crippen molar-refractivity contribution in [2.24, 2.45) is 12.8 Å². The smallest absolute Gasteiger partial charge is 0.119 e. The van der Waals surface area contributed by atoms with Gasteiger partial charge in [0.05, 0.1) is 6.20 Å². The minimum atomic E-state index is 0.0578. The molecular formula is C13H17N3O. The molecule has 0 amide bonds. The second kappa shape index (κ2) is 5.01. The molecule has 2 aromatic rings. The molecule has 4 heteroatoms. The van der Waals surface area contributed by atoms with E-state index in [4.69, 9.17) is 10.5 Å². The van der Waals surface area contributed by atoms with Crippen molar-refractivity contribution in [1.82, 2.24) is 9.78 Å². The lowest BCUT2D eigenvalue weighted by Crippen LogP contribution is -2.04. The number of hydrogen-bond donors (Lipinski definition) is 1. The van der Waals surface area contributed by atoms with Gasteiger partial charge in [0.1, 0.15) is 12.4 Å². The number of hydrogen-bond acceptors (Lipinski definition) is 3. The van der Waals surface area contributed by atoms with Crippen molar-refractivity contribution >= 4 is 0 Å². The van der Waals surface area contributed by atoms with Gasteiger partial charge in [0.25, 0.3) is 0 Å². The molecular weight excluding hydrogens is 214 g/mol. The Bertz CT molecular complexity index is 474. The van der Waals surface area contributed by atoms with E-state index >= 15 is 0 Å². The van der Waals surface area contributed by atoms with Crippen molar-refractivity contribution in [3.8, 4) is 5.75 Å². The van der Waals surface area contributed by atoms with Crippen LogP contribution in [-0.4, -0.2) is 9.78 Å². The highest BCUT2D eigenvalue weighted by atomic mass is 16.5. The van der Waals surface area contributed by atoms with Crippen molar-refractivity contribution in [2.75, 3.05) is 0 Å². The summed E-state index contributed by atoms with van der Waals surface area (Å²) in [5.41, 5.74) is 7.95. The topological polar surface area (TPSA) is 53.1 Å². The Morgan fingerprint density at radius 1 is 1.35 bits per heavy atom. The number of nitrogens with two attached hydrogens (primary N) is 1. The zero-order valence-electron chi connectivity index (χ0n) is 10.1. The van der Waals surface area contributed by atoms with Gasteiger partial charge in [-0.2, -0.15) is 5.10 Å². The summed E-state index contributed by atoms with van der Waals surface area (Å²) in [7, 11) is 1.89. The van der Waals surface area contributed by atoms with Crippen LogP contribution in [0, 0.1) is 0 Å². The van der Waals surface area contributed by atoms with E-state index in [1.54, 1.807) is 10.9 Å². The van der Waals surface area contributed by atoms with Gasteiger partial charge in [-0.1, -0.05) is 12.1 Å². The van der Waals surface area contributed by atoms with E-state index < -0.39 is 0 Å². The molecule has 0 fully saturated rings. The summed E-state index contributed by atoms with van der Waals surface area (Å²) in [6.07, 6.45) is 3.74. The molecule has 0 spiro atoms. The van der Waals surface area contributed by atoms with Crippen LogP contribution in [0.15, 0.2) is 36.7 Å². The zero-order valence-corrected chi connectivity index (χ0v) is 10.1. The highest BCUT2D eigenvalue weighted by Gasteiger charge is 2.01. The molecule has 1 heterocycles. The Morgan fingerprint density at radius 3 is 2.59 bits per heavy atom. The number of benzene rings is 1. The van der Waals surface area contributed by atoms with E-state index in [-0.39, 0.29) is 6.04 Å². The van der Waals surface area contributed by atoms with Crippen LogP contribution >= 0.6 is 0 Å². The third kappa shape index (κ3) is 3.07. The van der Waals surface area contributed by atoms with E-state index in [1.165, 1.54) is 0 Å². The average Bonchev–Trinajstić information content (AvgIpc) is 2.73. The van der Waals surface area contributed by atoms with Crippen molar-refractivity contribution < 1.29 is 4.74 Å². The van der Waals surface area contributed by atoms with E-state index in [9.17, 15) is 0 Å². The summed E-state index contributed by atoms with van der Waals surface area (Å²) in [5, 5.41) is 4.09. The Hall–Kier alpha value is -1.81. The lowest BCUT2D eigenvalue weighted by molar-refractivity contribution is 0.306. The van der Waals surface area contributed by atoms with Crippen LogP contribution in [0.4, 0.5) is 0 Å². The van der Waals surface area contributed by atoms with Crippen molar-refractivity contribution in [2.45, 2.75) is 19.6 Å². The van der Waals surface area contributed by atoms with Gasteiger partial charge in [-0.25, -0.2) is 0 Å². The lowest BCUT2D eigenvalue weighted by atomic mass is 10.1. The molecule has 0 bridgehead atoms. The molecule has 0 unspecified atom stereocenters. The van der Waals surface area contributed by atoms with Gasteiger partial charge in [0.2, 0.25) is 0 Å². The maximum absolute atomic E-state index is 5.78. The summed E-state index contributed by atoms with van der Waals surface area (Å²) in [6.45, 7) is 2.50. The van der Waals surface area contributed by atoms with Gasteiger partial charge in [0.15, 0.2) is 0 Å². The van der Waals surface area contributed by atoms with E-state index in [1.807, 2.05) is 44.4 Å². The second-order valence-corrected chi connectivity index (χ2v) is 4.17. The van der Waals surface area contributed by atoms with Crippen molar-refractivity contribution in [1.29, 1.82) is 0 Å². The van der Waals surface area contributed by atoms with E-state index in [2.05, 4.69) is 5.10 Å². The highest BCUT2D eigenvalue weighted by molar-refractivity contribution is 5.28. The Balaban J connectivity index is 1.95. The summed E-state index contributed by atoms with van der Waals surface area (Å²) in [5.74, 6) is 0.846. The quantitative estimate of drug-likeness (QED) is 0.875. The van der Waals surface area contributed by atoms with Crippen molar-refractivity contribution in [3.63, 3.8) is 0 Å².